The van der Waals surface area contributed by atoms with Gasteiger partial charge in [-0.2, -0.15) is 0 Å². The molecule has 2 heterocycles. The number of nitrogens with one attached hydrogen (secondary N) is 2. The van der Waals surface area contributed by atoms with Crippen LogP contribution in [-0.2, 0) is 0 Å². The minimum atomic E-state index is -0.257. The minimum absolute atomic E-state index is 0.0841. The van der Waals surface area contributed by atoms with Gasteiger partial charge in [0, 0.05) is 23.7 Å². The number of ether oxygens (including phenoxy) is 3. The number of hydrogen-bond acceptors (Lipinski definition) is 4. The molecule has 0 saturated carbocycles. The van der Waals surface area contributed by atoms with E-state index in [1.165, 1.54) is 5.56 Å². The lowest BCUT2D eigenvalue weighted by Gasteiger charge is -2.38. The van der Waals surface area contributed by atoms with Crippen LogP contribution in [0, 0.1) is 6.92 Å². The lowest BCUT2D eigenvalue weighted by Crippen LogP contribution is -2.42. The Morgan fingerprint density at radius 2 is 1.78 bits per heavy atom. The number of fused-ring (bicyclic) bond motifs is 2. The molecule has 0 aromatic heterocycles. The first-order valence-corrected chi connectivity index (χ1v) is 9.57. The van der Waals surface area contributed by atoms with Crippen LogP contribution in [0.15, 0.2) is 36.4 Å². The lowest BCUT2D eigenvalue weighted by atomic mass is 9.89. The summed E-state index contributed by atoms with van der Waals surface area (Å²) in [6, 6.07) is 12.1. The third-order valence-electron chi connectivity index (χ3n) is 4.73. The molecule has 4 rings (SSSR count). The number of hydrogen-bond donors (Lipinski definition) is 2. The second-order valence-corrected chi connectivity index (χ2v) is 8.02. The Labute approximate surface area is 165 Å². The van der Waals surface area contributed by atoms with Crippen molar-refractivity contribution >= 4 is 23.0 Å². The van der Waals surface area contributed by atoms with Gasteiger partial charge in [0.2, 0.25) is 0 Å². The molecule has 2 N–H and O–H groups in total. The molecular weight excluding hydrogens is 360 g/mol. The maximum atomic E-state index is 6.13. The summed E-state index contributed by atoms with van der Waals surface area (Å²) in [5.41, 5.74) is 2.95. The summed E-state index contributed by atoms with van der Waals surface area (Å²) in [7, 11) is 0. The largest absolute Gasteiger partial charge is 0.487 e. The first kappa shape index (κ1) is 17.9. The van der Waals surface area contributed by atoms with Crippen molar-refractivity contribution in [3.63, 3.8) is 0 Å². The summed E-state index contributed by atoms with van der Waals surface area (Å²) in [5, 5.41) is 7.28. The quantitative estimate of drug-likeness (QED) is 0.751. The van der Waals surface area contributed by atoms with Gasteiger partial charge in [0.05, 0.1) is 6.04 Å². The van der Waals surface area contributed by atoms with Crippen molar-refractivity contribution in [3.05, 3.63) is 47.5 Å². The minimum Gasteiger partial charge on any atom is -0.487 e. The molecule has 1 atom stereocenters. The third kappa shape index (κ3) is 3.95. The van der Waals surface area contributed by atoms with Gasteiger partial charge in [0.15, 0.2) is 16.6 Å². The summed E-state index contributed by atoms with van der Waals surface area (Å²) in [6.45, 7) is 7.43. The average Bonchev–Trinajstić information content (AvgIpc) is 2.61. The van der Waals surface area contributed by atoms with Crippen LogP contribution in [0.4, 0.5) is 5.69 Å². The Kier molecular flexibility index (Phi) is 4.60. The summed E-state index contributed by atoms with van der Waals surface area (Å²) < 4.78 is 17.3. The van der Waals surface area contributed by atoms with E-state index in [0.29, 0.717) is 18.3 Å². The molecule has 0 bridgehead atoms. The van der Waals surface area contributed by atoms with Gasteiger partial charge in [0.1, 0.15) is 24.6 Å². The topological polar surface area (TPSA) is 51.8 Å². The van der Waals surface area contributed by atoms with E-state index in [1.54, 1.807) is 0 Å². The fourth-order valence-electron chi connectivity index (χ4n) is 3.55. The number of anilines is 1. The highest BCUT2D eigenvalue weighted by molar-refractivity contribution is 7.80. The molecule has 0 amide bonds. The number of benzene rings is 2. The second kappa shape index (κ2) is 6.93. The fourth-order valence-corrected chi connectivity index (χ4v) is 3.81. The predicted molar refractivity (Wildman–Crippen MR) is 110 cm³/mol. The van der Waals surface area contributed by atoms with Gasteiger partial charge in [-0.25, -0.2) is 0 Å². The van der Waals surface area contributed by atoms with Crippen molar-refractivity contribution < 1.29 is 14.2 Å². The maximum Gasteiger partial charge on any atom is 0.171 e. The van der Waals surface area contributed by atoms with Crippen LogP contribution in [0.5, 0.6) is 17.2 Å². The Bertz CT molecular complexity index is 882. The van der Waals surface area contributed by atoms with Crippen molar-refractivity contribution in [1.82, 2.24) is 5.32 Å². The summed E-state index contributed by atoms with van der Waals surface area (Å²) in [6.07, 6.45) is 0.826. The SMILES string of the molecule is Cc1ccc2c(c1)[C@@H](NC(=S)Nc1ccc3c(c1)OCCO3)CC(C)(C)O2. The van der Waals surface area contributed by atoms with Gasteiger partial charge < -0.3 is 24.8 Å². The van der Waals surface area contributed by atoms with E-state index in [9.17, 15) is 0 Å². The normalized spacial score (nSPS) is 19.4. The zero-order chi connectivity index (χ0) is 19.0. The Balaban J connectivity index is 1.50. The Morgan fingerprint density at radius 3 is 2.59 bits per heavy atom. The van der Waals surface area contributed by atoms with Crippen molar-refractivity contribution in [1.29, 1.82) is 0 Å². The highest BCUT2D eigenvalue weighted by Gasteiger charge is 2.34. The summed E-state index contributed by atoms with van der Waals surface area (Å²) in [5.74, 6) is 2.42. The standard InChI is InChI=1S/C21H24N2O3S/c1-13-4-6-17-15(10-13)16(12-21(2,3)26-17)23-20(27)22-14-5-7-18-19(11-14)25-9-8-24-18/h4-7,10-11,16H,8-9,12H2,1-3H3,(H2,22,23,27)/t16-/m0/s1. The van der Waals surface area contributed by atoms with Crippen molar-refractivity contribution in [3.8, 4) is 17.2 Å². The van der Waals surface area contributed by atoms with E-state index in [4.69, 9.17) is 26.4 Å². The van der Waals surface area contributed by atoms with E-state index >= 15 is 0 Å². The molecule has 2 aliphatic rings. The zero-order valence-electron chi connectivity index (χ0n) is 15.8. The predicted octanol–water partition coefficient (Wildman–Crippen LogP) is 4.36. The summed E-state index contributed by atoms with van der Waals surface area (Å²) >= 11 is 5.57. The first-order valence-electron chi connectivity index (χ1n) is 9.16. The molecule has 0 saturated heterocycles. The molecule has 2 aromatic carbocycles. The van der Waals surface area contributed by atoms with Gasteiger partial charge in [-0.05, 0) is 51.2 Å². The highest BCUT2D eigenvalue weighted by Crippen LogP contribution is 2.40. The molecule has 0 fully saturated rings. The van der Waals surface area contributed by atoms with Gasteiger partial charge in [-0.15, -0.1) is 0 Å². The van der Waals surface area contributed by atoms with E-state index in [1.807, 2.05) is 24.3 Å². The van der Waals surface area contributed by atoms with Crippen LogP contribution in [0.1, 0.15) is 37.4 Å². The van der Waals surface area contributed by atoms with E-state index in [0.717, 1.165) is 34.9 Å². The average molecular weight is 385 g/mol. The van der Waals surface area contributed by atoms with E-state index in [2.05, 4.69) is 43.5 Å². The molecule has 6 heteroatoms. The molecule has 0 aliphatic carbocycles. The summed E-state index contributed by atoms with van der Waals surface area (Å²) in [4.78, 5) is 0. The molecule has 27 heavy (non-hydrogen) atoms. The monoisotopic (exact) mass is 384 g/mol. The molecule has 0 radical (unpaired) electrons. The second-order valence-electron chi connectivity index (χ2n) is 7.62. The van der Waals surface area contributed by atoms with E-state index in [-0.39, 0.29) is 11.6 Å². The van der Waals surface area contributed by atoms with Crippen molar-refractivity contribution in [2.24, 2.45) is 0 Å². The van der Waals surface area contributed by atoms with Crippen LogP contribution in [0.3, 0.4) is 0 Å². The van der Waals surface area contributed by atoms with Crippen molar-refractivity contribution in [2.45, 2.75) is 38.8 Å². The highest BCUT2D eigenvalue weighted by atomic mass is 32.1. The lowest BCUT2D eigenvalue weighted by molar-refractivity contribution is 0.0696. The number of rotatable bonds is 2. The van der Waals surface area contributed by atoms with Crippen molar-refractivity contribution in [2.75, 3.05) is 18.5 Å². The van der Waals surface area contributed by atoms with Gasteiger partial charge >= 0.3 is 0 Å². The molecule has 142 valence electrons. The number of thiocarbonyl (C=S) groups is 1. The molecule has 2 aromatic rings. The van der Waals surface area contributed by atoms with Gasteiger partial charge in [0.25, 0.3) is 0 Å². The van der Waals surface area contributed by atoms with Gasteiger partial charge in [-0.3, -0.25) is 0 Å². The van der Waals surface area contributed by atoms with Gasteiger partial charge in [-0.1, -0.05) is 17.7 Å². The van der Waals surface area contributed by atoms with Crippen LogP contribution < -0.4 is 24.8 Å². The smallest absolute Gasteiger partial charge is 0.171 e. The molecular formula is C21H24N2O3S. The molecule has 5 nitrogen and oxygen atoms in total. The van der Waals surface area contributed by atoms with E-state index < -0.39 is 0 Å². The Morgan fingerprint density at radius 1 is 1.04 bits per heavy atom. The van der Waals surface area contributed by atoms with Crippen LogP contribution in [-0.4, -0.2) is 23.9 Å². The first-order chi connectivity index (χ1) is 12.9. The Hall–Kier alpha value is -2.47. The number of aryl methyl sites for hydroxylation is 1. The van der Waals surface area contributed by atoms with Crippen LogP contribution >= 0.6 is 12.2 Å². The van der Waals surface area contributed by atoms with Crippen LogP contribution in [0.2, 0.25) is 0 Å². The molecule has 0 spiro atoms. The third-order valence-corrected chi connectivity index (χ3v) is 4.95. The maximum absolute atomic E-state index is 6.13. The zero-order valence-corrected chi connectivity index (χ0v) is 16.6. The fraction of sp³-hybridized carbons (Fsp3) is 0.381. The molecule has 0 unspecified atom stereocenters. The van der Waals surface area contributed by atoms with Crippen LogP contribution in [0.25, 0.3) is 0 Å². The molecule has 2 aliphatic heterocycles.